The van der Waals surface area contributed by atoms with Crippen molar-refractivity contribution >= 4 is 60.3 Å². The van der Waals surface area contributed by atoms with Gasteiger partial charge in [0.25, 0.3) is 5.91 Å². The fraction of sp³-hybridized carbons (Fsp3) is 0.357. The van der Waals surface area contributed by atoms with E-state index in [0.29, 0.717) is 10.5 Å². The fourth-order valence-corrected chi connectivity index (χ4v) is 7.51. The quantitative estimate of drug-likeness (QED) is 0.302. The Labute approximate surface area is 230 Å². The summed E-state index contributed by atoms with van der Waals surface area (Å²) in [7, 11) is -1.25. The molecule has 0 radical (unpaired) electrons. The molecular formula is C28H29IN4O3S. The van der Waals surface area contributed by atoms with Crippen LogP contribution in [0.1, 0.15) is 41.6 Å². The van der Waals surface area contributed by atoms with Crippen molar-refractivity contribution in [1.29, 1.82) is 0 Å². The van der Waals surface area contributed by atoms with Crippen LogP contribution in [0.4, 0.5) is 0 Å². The van der Waals surface area contributed by atoms with Crippen LogP contribution < -0.4 is 5.32 Å². The number of aromatic amines is 1. The summed E-state index contributed by atoms with van der Waals surface area (Å²) in [5.41, 5.74) is 4.66. The highest BCUT2D eigenvalue weighted by Gasteiger charge is 2.37. The highest BCUT2D eigenvalue weighted by atomic mass is 127. The third-order valence-corrected chi connectivity index (χ3v) is 10.5. The predicted octanol–water partition coefficient (Wildman–Crippen LogP) is 5.06. The van der Waals surface area contributed by atoms with E-state index >= 15 is 0 Å². The molecule has 1 aliphatic carbocycles. The Kier molecular flexibility index (Phi) is 6.27. The van der Waals surface area contributed by atoms with E-state index in [9.17, 15) is 13.2 Å². The number of likely N-dealkylation sites (tertiary alicyclic amines) is 1. The number of hydrogen-bond donors (Lipinski definition) is 2. The maximum Gasteiger partial charge on any atom is 0.251 e. The lowest BCUT2D eigenvalue weighted by Gasteiger charge is -2.29. The fourth-order valence-electron chi connectivity index (χ4n) is 5.36. The minimum atomic E-state index is -3.35. The van der Waals surface area contributed by atoms with Gasteiger partial charge in [0.05, 0.1) is 15.7 Å². The lowest BCUT2D eigenvalue weighted by Crippen LogP contribution is -2.43. The number of carbonyl (C=O) groups excluding carboxylic acids is 1. The first kappa shape index (κ1) is 24.8. The van der Waals surface area contributed by atoms with Crippen molar-refractivity contribution in [3.05, 3.63) is 57.3 Å². The lowest BCUT2D eigenvalue weighted by atomic mass is 9.93. The Morgan fingerprint density at radius 2 is 1.89 bits per heavy atom. The first-order valence-electron chi connectivity index (χ1n) is 12.7. The Morgan fingerprint density at radius 3 is 2.62 bits per heavy atom. The number of nitrogens with one attached hydrogen (secondary N) is 2. The van der Waals surface area contributed by atoms with Gasteiger partial charge >= 0.3 is 0 Å². The van der Waals surface area contributed by atoms with Gasteiger partial charge in [0, 0.05) is 32.1 Å². The van der Waals surface area contributed by atoms with Gasteiger partial charge in [-0.05, 0) is 116 Å². The number of aromatic nitrogens is 2. The molecule has 2 aromatic heterocycles. The van der Waals surface area contributed by atoms with Gasteiger partial charge in [-0.15, -0.1) is 0 Å². The second-order valence-corrected chi connectivity index (χ2v) is 13.8. The molecule has 0 bridgehead atoms. The normalized spacial score (nSPS) is 17.5. The minimum absolute atomic E-state index is 0.0989. The zero-order valence-electron chi connectivity index (χ0n) is 20.8. The number of rotatable bonds is 5. The molecule has 1 saturated carbocycles. The van der Waals surface area contributed by atoms with Crippen molar-refractivity contribution in [3.8, 4) is 11.1 Å². The van der Waals surface area contributed by atoms with Crippen LogP contribution in [0.15, 0.2) is 47.5 Å². The van der Waals surface area contributed by atoms with E-state index in [2.05, 4.69) is 55.9 Å². The molecule has 3 heterocycles. The third-order valence-electron chi connectivity index (χ3n) is 7.69. The number of piperidine rings is 1. The van der Waals surface area contributed by atoms with E-state index in [4.69, 9.17) is 0 Å². The zero-order chi connectivity index (χ0) is 25.9. The van der Waals surface area contributed by atoms with Gasteiger partial charge in [-0.2, -0.15) is 0 Å². The minimum Gasteiger partial charge on any atom is -0.349 e. The molecule has 6 rings (SSSR count). The number of hydrogen-bond acceptors (Lipinski definition) is 5. The van der Waals surface area contributed by atoms with E-state index in [0.717, 1.165) is 81.0 Å². The van der Waals surface area contributed by atoms with Crippen LogP contribution in [-0.4, -0.2) is 60.6 Å². The predicted molar refractivity (Wildman–Crippen MR) is 155 cm³/mol. The monoisotopic (exact) mass is 628 g/mol. The van der Waals surface area contributed by atoms with E-state index in [1.165, 1.54) is 0 Å². The van der Waals surface area contributed by atoms with Gasteiger partial charge in [0.1, 0.15) is 5.65 Å². The van der Waals surface area contributed by atoms with Crippen molar-refractivity contribution in [3.63, 3.8) is 0 Å². The van der Waals surface area contributed by atoms with Crippen LogP contribution in [-0.2, 0) is 9.84 Å². The molecule has 37 heavy (non-hydrogen) atoms. The third kappa shape index (κ3) is 4.55. The summed E-state index contributed by atoms with van der Waals surface area (Å²) in [6, 6.07) is 11.3. The largest absolute Gasteiger partial charge is 0.349 e. The van der Waals surface area contributed by atoms with Crippen LogP contribution in [0, 0.1) is 10.5 Å². The van der Waals surface area contributed by atoms with Crippen molar-refractivity contribution < 1.29 is 13.2 Å². The second-order valence-electron chi connectivity index (χ2n) is 10.3. The molecule has 0 atom stereocenters. The van der Waals surface area contributed by atoms with Crippen LogP contribution in [0.5, 0.6) is 0 Å². The Morgan fingerprint density at radius 1 is 1.14 bits per heavy atom. The molecular weight excluding hydrogens is 599 g/mol. The summed E-state index contributed by atoms with van der Waals surface area (Å²) >= 11 is 2.25. The number of sulfone groups is 1. The summed E-state index contributed by atoms with van der Waals surface area (Å²) in [6.07, 6.45) is 5.09. The maximum atomic E-state index is 13.6. The summed E-state index contributed by atoms with van der Waals surface area (Å²) in [5.74, 6) is -0.0989. The average molecular weight is 629 g/mol. The lowest BCUT2D eigenvalue weighted by molar-refractivity contribution is 0.0916. The number of nitrogens with zero attached hydrogens (tertiary/aromatic N) is 2. The molecule has 1 saturated heterocycles. The number of fused-ring (bicyclic) bond motifs is 3. The van der Waals surface area contributed by atoms with Gasteiger partial charge in [-0.3, -0.25) is 4.79 Å². The van der Waals surface area contributed by atoms with E-state index in [1.54, 1.807) is 18.2 Å². The number of amides is 1. The molecule has 2 N–H and O–H groups in total. The number of carbonyl (C=O) groups is 1. The van der Waals surface area contributed by atoms with E-state index in [1.807, 2.05) is 25.3 Å². The topological polar surface area (TPSA) is 95.2 Å². The van der Waals surface area contributed by atoms with Crippen LogP contribution in [0.25, 0.3) is 33.1 Å². The number of halogens is 1. The molecule has 2 fully saturated rings. The Balaban J connectivity index is 1.52. The van der Waals surface area contributed by atoms with Crippen molar-refractivity contribution in [2.45, 2.75) is 48.8 Å². The number of aryl methyl sites for hydroxylation is 1. The zero-order valence-corrected chi connectivity index (χ0v) is 23.8. The number of pyridine rings is 1. The molecule has 7 nitrogen and oxygen atoms in total. The molecule has 0 unspecified atom stereocenters. The SMILES string of the molecule is Cc1c(C(=O)NC2CCN(C)CC2)cc(-c2cccc(S(=O)(=O)C3CC3)c2)c2c1[nH]c1ncc(I)cc12. The number of H-pyrrole nitrogens is 1. The smallest absolute Gasteiger partial charge is 0.251 e. The molecule has 2 aliphatic rings. The van der Waals surface area contributed by atoms with Crippen LogP contribution in [0.2, 0.25) is 0 Å². The van der Waals surface area contributed by atoms with Gasteiger partial charge in [-0.25, -0.2) is 13.4 Å². The highest BCUT2D eigenvalue weighted by Crippen LogP contribution is 2.40. The highest BCUT2D eigenvalue weighted by molar-refractivity contribution is 14.1. The first-order valence-corrected chi connectivity index (χ1v) is 15.3. The summed E-state index contributed by atoms with van der Waals surface area (Å²) in [5, 5.41) is 4.88. The van der Waals surface area contributed by atoms with Crippen molar-refractivity contribution in [2.75, 3.05) is 20.1 Å². The summed E-state index contributed by atoms with van der Waals surface area (Å²) < 4.78 is 27.1. The molecule has 0 spiro atoms. The Bertz CT molecular complexity index is 1650. The van der Waals surface area contributed by atoms with Crippen molar-refractivity contribution in [2.24, 2.45) is 0 Å². The average Bonchev–Trinajstić information content (AvgIpc) is 3.68. The van der Waals surface area contributed by atoms with Crippen molar-refractivity contribution in [1.82, 2.24) is 20.2 Å². The maximum absolute atomic E-state index is 13.6. The molecule has 2 aromatic carbocycles. The second kappa shape index (κ2) is 9.36. The molecule has 1 aliphatic heterocycles. The van der Waals surface area contributed by atoms with E-state index in [-0.39, 0.29) is 17.2 Å². The van der Waals surface area contributed by atoms with Gasteiger partial charge < -0.3 is 15.2 Å². The number of benzene rings is 2. The van der Waals surface area contributed by atoms with Crippen LogP contribution >= 0.6 is 22.6 Å². The summed E-state index contributed by atoms with van der Waals surface area (Å²) in [6.45, 7) is 3.88. The van der Waals surface area contributed by atoms with Gasteiger partial charge in [-0.1, -0.05) is 12.1 Å². The molecule has 4 aromatic rings. The van der Waals surface area contributed by atoms with Gasteiger partial charge in [0.2, 0.25) is 0 Å². The Hall–Kier alpha value is -2.50. The van der Waals surface area contributed by atoms with Crippen LogP contribution in [0.3, 0.4) is 0 Å². The summed E-state index contributed by atoms with van der Waals surface area (Å²) in [4.78, 5) is 24.2. The molecule has 192 valence electrons. The standard InChI is InChI=1S/C28H29IN4O3S/c1-16-22(28(34)31-19-8-10-33(2)11-9-19)14-23(25-24-13-18(29)15-30-27(24)32-26(16)25)17-4-3-5-21(12-17)37(35,36)20-6-7-20/h3-5,12-15,19-20H,6-11H2,1-2H3,(H,30,32)(H,31,34). The molecule has 1 amide bonds. The first-order chi connectivity index (χ1) is 17.7. The van der Waals surface area contributed by atoms with Gasteiger partial charge in [0.15, 0.2) is 9.84 Å². The molecule has 9 heteroatoms. The van der Waals surface area contributed by atoms with E-state index < -0.39 is 9.84 Å².